The lowest BCUT2D eigenvalue weighted by molar-refractivity contribution is 0.0687. The summed E-state index contributed by atoms with van der Waals surface area (Å²) in [6, 6.07) is 0. The maximum atomic E-state index is 11.3. The van der Waals surface area contributed by atoms with Crippen molar-refractivity contribution in [2.45, 2.75) is 37.5 Å². The van der Waals surface area contributed by atoms with Crippen molar-refractivity contribution in [3.05, 3.63) is 0 Å². The van der Waals surface area contributed by atoms with E-state index in [1.807, 2.05) is 6.92 Å². The zero-order chi connectivity index (χ0) is 9.19. The zero-order valence-electron chi connectivity index (χ0n) is 7.71. The minimum atomic E-state index is -2.33. The Morgan fingerprint density at radius 2 is 2.25 bits per heavy atom. The van der Waals surface area contributed by atoms with Crippen LogP contribution >= 0.6 is 0 Å². The van der Waals surface area contributed by atoms with Crippen LogP contribution in [0.4, 0.5) is 0 Å². The minimum Gasteiger partial charge on any atom is -0.378 e. The van der Waals surface area contributed by atoms with Gasteiger partial charge in [-0.2, -0.15) is 0 Å². The van der Waals surface area contributed by atoms with Gasteiger partial charge in [0.15, 0.2) is 0 Å². The van der Waals surface area contributed by atoms with Gasteiger partial charge in [0.1, 0.15) is 0 Å². The van der Waals surface area contributed by atoms with E-state index in [1.54, 1.807) is 0 Å². The normalized spacial score (nSPS) is 34.8. The van der Waals surface area contributed by atoms with Crippen molar-refractivity contribution in [1.82, 2.24) is 0 Å². The molecule has 0 bridgehead atoms. The molecule has 0 aromatic carbocycles. The van der Waals surface area contributed by atoms with Gasteiger partial charge in [0, 0.05) is 27.8 Å². The summed E-state index contributed by atoms with van der Waals surface area (Å²) < 4.78 is 24.2. The Morgan fingerprint density at radius 3 is 2.67 bits per heavy atom. The molecule has 1 aliphatic rings. The number of hydrogen-bond acceptors (Lipinski definition) is 3. The first-order valence-electron chi connectivity index (χ1n) is 4.38. The van der Waals surface area contributed by atoms with Gasteiger partial charge in [-0.3, -0.25) is 4.78 Å². The predicted octanol–water partition coefficient (Wildman–Crippen LogP) is 1.62. The van der Waals surface area contributed by atoms with E-state index >= 15 is 0 Å². The monoisotopic (exact) mass is 191 g/mol. The van der Waals surface area contributed by atoms with Crippen molar-refractivity contribution in [3.63, 3.8) is 0 Å². The molecule has 1 N–H and O–H groups in total. The molecule has 0 heterocycles. The highest BCUT2D eigenvalue weighted by Gasteiger charge is 2.29. The maximum Gasteiger partial charge on any atom is 0.0587 e. The highest BCUT2D eigenvalue weighted by molar-refractivity contribution is 7.92. The number of hydrogen-bond donors (Lipinski definition) is 1. The molecule has 12 heavy (non-hydrogen) atoms. The van der Waals surface area contributed by atoms with Gasteiger partial charge >= 0.3 is 0 Å². The van der Waals surface area contributed by atoms with Gasteiger partial charge < -0.3 is 4.74 Å². The number of nitrogens with one attached hydrogen (secondary N) is 1. The number of rotatable bonds is 3. The molecule has 0 radical (unpaired) electrons. The fraction of sp³-hybridized carbons (Fsp3) is 1.00. The quantitative estimate of drug-likeness (QED) is 0.737. The summed E-state index contributed by atoms with van der Waals surface area (Å²) in [6.45, 7) is 2.69. The molecule has 3 atom stereocenters. The average molecular weight is 191 g/mol. The minimum absolute atomic E-state index is 0.0639. The summed E-state index contributed by atoms with van der Waals surface area (Å²) in [6.07, 6.45) is 4.47. The molecule has 1 fully saturated rings. The van der Waals surface area contributed by atoms with Crippen LogP contribution in [0.2, 0.25) is 0 Å². The van der Waals surface area contributed by atoms with Crippen LogP contribution in [0.15, 0.2) is 0 Å². The molecule has 0 spiro atoms. The van der Waals surface area contributed by atoms with Crippen molar-refractivity contribution in [1.29, 1.82) is 4.78 Å². The van der Waals surface area contributed by atoms with Gasteiger partial charge in [0.25, 0.3) is 0 Å². The van der Waals surface area contributed by atoms with E-state index in [-0.39, 0.29) is 11.4 Å². The standard InChI is InChI=1S/C8H17NO2S/c1-3-11-7-4-5-8(6-7)12(2,9)10/h7-9H,3-6H2,1-2H3. The van der Waals surface area contributed by atoms with E-state index in [0.29, 0.717) is 0 Å². The number of ether oxygens (including phenoxy) is 1. The third-order valence-electron chi connectivity index (χ3n) is 2.37. The highest BCUT2D eigenvalue weighted by Crippen LogP contribution is 2.27. The molecule has 1 rings (SSSR count). The maximum absolute atomic E-state index is 11.3. The topological polar surface area (TPSA) is 50.1 Å². The lowest BCUT2D eigenvalue weighted by atomic mass is 10.3. The first-order valence-corrected chi connectivity index (χ1v) is 6.41. The highest BCUT2D eigenvalue weighted by atomic mass is 32.2. The Bertz CT molecular complexity index is 235. The van der Waals surface area contributed by atoms with E-state index in [1.165, 1.54) is 6.26 Å². The second-order valence-electron chi connectivity index (χ2n) is 3.42. The molecule has 3 nitrogen and oxygen atoms in total. The van der Waals surface area contributed by atoms with Crippen molar-refractivity contribution >= 4 is 9.73 Å². The zero-order valence-corrected chi connectivity index (χ0v) is 8.52. The van der Waals surface area contributed by atoms with E-state index in [4.69, 9.17) is 9.52 Å². The molecule has 4 heteroatoms. The summed E-state index contributed by atoms with van der Waals surface area (Å²) in [5.41, 5.74) is 0. The van der Waals surface area contributed by atoms with Crippen LogP contribution in [0.25, 0.3) is 0 Å². The second kappa shape index (κ2) is 3.75. The van der Waals surface area contributed by atoms with E-state index in [9.17, 15) is 4.21 Å². The Balaban J connectivity index is 2.46. The first kappa shape index (κ1) is 9.99. The smallest absolute Gasteiger partial charge is 0.0587 e. The van der Waals surface area contributed by atoms with E-state index in [0.717, 1.165) is 25.9 Å². The van der Waals surface area contributed by atoms with Crippen LogP contribution in [0, 0.1) is 4.78 Å². The van der Waals surface area contributed by atoms with E-state index < -0.39 is 9.73 Å². The lowest BCUT2D eigenvalue weighted by Gasteiger charge is -2.11. The van der Waals surface area contributed by atoms with Gasteiger partial charge in [-0.1, -0.05) is 0 Å². The third kappa shape index (κ3) is 2.45. The molecule has 72 valence electrons. The van der Waals surface area contributed by atoms with Gasteiger partial charge in [-0.15, -0.1) is 0 Å². The van der Waals surface area contributed by atoms with Crippen LogP contribution in [0.1, 0.15) is 26.2 Å². The average Bonchev–Trinajstić information content (AvgIpc) is 2.35. The van der Waals surface area contributed by atoms with Gasteiger partial charge in [-0.05, 0) is 26.2 Å². The van der Waals surface area contributed by atoms with Gasteiger partial charge in [0.05, 0.1) is 6.10 Å². The Kier molecular flexibility index (Phi) is 3.12. The van der Waals surface area contributed by atoms with Crippen LogP contribution in [0.5, 0.6) is 0 Å². The van der Waals surface area contributed by atoms with Crippen LogP contribution < -0.4 is 0 Å². The molecule has 0 aliphatic heterocycles. The Hall–Kier alpha value is -0.0900. The largest absolute Gasteiger partial charge is 0.378 e. The molecule has 0 aromatic rings. The van der Waals surface area contributed by atoms with Crippen LogP contribution in [-0.2, 0) is 14.5 Å². The van der Waals surface area contributed by atoms with Crippen LogP contribution in [0.3, 0.4) is 0 Å². The van der Waals surface area contributed by atoms with Crippen molar-refractivity contribution in [2.24, 2.45) is 0 Å². The molecule has 0 saturated heterocycles. The summed E-state index contributed by atoms with van der Waals surface area (Å²) >= 11 is 0. The lowest BCUT2D eigenvalue weighted by Crippen LogP contribution is -2.17. The van der Waals surface area contributed by atoms with Crippen molar-refractivity contribution in [3.8, 4) is 0 Å². The summed E-state index contributed by atoms with van der Waals surface area (Å²) in [4.78, 5) is 0. The molecule has 0 amide bonds. The SMILES string of the molecule is CCOC1CCC(S(C)(=N)=O)C1. The Morgan fingerprint density at radius 1 is 1.58 bits per heavy atom. The summed E-state index contributed by atoms with van der Waals surface area (Å²) in [7, 11) is -2.33. The molecule has 0 aromatic heterocycles. The van der Waals surface area contributed by atoms with Crippen molar-refractivity contribution < 1.29 is 8.95 Å². The van der Waals surface area contributed by atoms with Crippen molar-refractivity contribution in [2.75, 3.05) is 12.9 Å². The summed E-state index contributed by atoms with van der Waals surface area (Å²) in [5, 5.41) is 0.0639. The fourth-order valence-electron chi connectivity index (χ4n) is 1.70. The molecular formula is C8H17NO2S. The molecule has 3 unspecified atom stereocenters. The first-order chi connectivity index (χ1) is 5.54. The van der Waals surface area contributed by atoms with Gasteiger partial charge in [-0.25, -0.2) is 4.21 Å². The van der Waals surface area contributed by atoms with Crippen LogP contribution in [-0.4, -0.2) is 28.4 Å². The Labute approximate surface area is 74.5 Å². The molecule has 1 aliphatic carbocycles. The second-order valence-corrected chi connectivity index (χ2v) is 5.89. The molecular weight excluding hydrogens is 174 g/mol. The summed E-state index contributed by atoms with van der Waals surface area (Å²) in [5.74, 6) is 0. The van der Waals surface area contributed by atoms with Gasteiger partial charge in [0.2, 0.25) is 0 Å². The molecule has 1 saturated carbocycles. The fourth-order valence-corrected chi connectivity index (χ4v) is 2.86. The van der Waals surface area contributed by atoms with E-state index in [2.05, 4.69) is 0 Å². The predicted molar refractivity (Wildman–Crippen MR) is 49.8 cm³/mol. The third-order valence-corrected chi connectivity index (χ3v) is 4.08.